The maximum atomic E-state index is 12.5. The van der Waals surface area contributed by atoms with Crippen LogP contribution in [-0.4, -0.2) is 48.8 Å². The number of rotatable bonds is 10. The molecule has 0 saturated carbocycles. The number of benzene rings is 3. The van der Waals surface area contributed by atoms with Crippen LogP contribution in [0.25, 0.3) is 11.0 Å². The van der Waals surface area contributed by atoms with Gasteiger partial charge in [-0.1, -0.05) is 53.7 Å². The molecule has 1 amide bonds. The second-order valence-electron chi connectivity index (χ2n) is 7.60. The van der Waals surface area contributed by atoms with Crippen molar-refractivity contribution in [3.05, 3.63) is 76.8 Å². The number of aromatic nitrogens is 2. The quantitative estimate of drug-likeness (QED) is 0.178. The van der Waals surface area contributed by atoms with Crippen LogP contribution in [0, 0.1) is 0 Å². The molecule has 36 heavy (non-hydrogen) atoms. The van der Waals surface area contributed by atoms with Crippen molar-refractivity contribution in [2.24, 2.45) is 5.10 Å². The molecule has 0 aliphatic rings. The molecular formula is C26H25ClN4O4S. The minimum atomic E-state index is -0.264. The van der Waals surface area contributed by atoms with Crippen molar-refractivity contribution in [1.29, 1.82) is 0 Å². The number of thioether (sulfide) groups is 1. The highest BCUT2D eigenvalue weighted by molar-refractivity contribution is 7.99. The van der Waals surface area contributed by atoms with Gasteiger partial charge in [-0.3, -0.25) is 4.79 Å². The number of nitrogens with zero attached hydrogens (tertiary/aromatic N) is 3. The largest absolute Gasteiger partial charge is 0.493 e. The fourth-order valence-electron chi connectivity index (χ4n) is 3.63. The lowest BCUT2D eigenvalue weighted by atomic mass is 10.2. The third-order valence-electron chi connectivity index (χ3n) is 5.33. The lowest BCUT2D eigenvalue weighted by molar-refractivity contribution is -0.118. The predicted molar refractivity (Wildman–Crippen MR) is 143 cm³/mol. The average Bonchev–Trinajstić information content (AvgIpc) is 3.25. The van der Waals surface area contributed by atoms with Gasteiger partial charge in [0.15, 0.2) is 16.7 Å². The number of amides is 1. The predicted octanol–water partition coefficient (Wildman–Crippen LogP) is 5.01. The van der Waals surface area contributed by atoms with Gasteiger partial charge in [0.05, 0.1) is 50.9 Å². The van der Waals surface area contributed by atoms with E-state index in [0.717, 1.165) is 21.8 Å². The zero-order valence-electron chi connectivity index (χ0n) is 20.0. The summed E-state index contributed by atoms with van der Waals surface area (Å²) < 4.78 is 18.1. The molecule has 0 aliphatic carbocycles. The van der Waals surface area contributed by atoms with Crippen molar-refractivity contribution in [3.63, 3.8) is 0 Å². The van der Waals surface area contributed by atoms with Crippen LogP contribution in [0.15, 0.2) is 70.9 Å². The summed E-state index contributed by atoms with van der Waals surface area (Å²) in [6.07, 6.45) is 1.51. The summed E-state index contributed by atoms with van der Waals surface area (Å²) >= 11 is 7.73. The zero-order chi connectivity index (χ0) is 25.5. The Morgan fingerprint density at radius 1 is 1.06 bits per heavy atom. The number of hydrazone groups is 1. The van der Waals surface area contributed by atoms with Crippen LogP contribution in [0.5, 0.6) is 17.2 Å². The molecule has 4 rings (SSSR count). The second kappa shape index (κ2) is 11.8. The molecule has 0 atom stereocenters. The Balaban J connectivity index is 1.45. The number of hydrogen-bond acceptors (Lipinski definition) is 7. The fraction of sp³-hybridized carbons (Fsp3) is 0.192. The van der Waals surface area contributed by atoms with Crippen LogP contribution in [0.1, 0.15) is 11.1 Å². The first-order valence-electron chi connectivity index (χ1n) is 11.0. The van der Waals surface area contributed by atoms with E-state index in [1.54, 1.807) is 12.1 Å². The number of carbonyl (C=O) groups is 1. The number of carbonyl (C=O) groups excluding carboxylic acids is 1. The van der Waals surface area contributed by atoms with Gasteiger partial charge in [-0.25, -0.2) is 10.4 Å². The summed E-state index contributed by atoms with van der Waals surface area (Å²) in [5.74, 6) is 1.35. The van der Waals surface area contributed by atoms with Crippen LogP contribution in [-0.2, 0) is 11.3 Å². The standard InChI is InChI=1S/C26H25ClN4O4S/c1-33-22-12-17(13-23(34-2)25(22)35-3)14-28-30-24(32)16-36-26-29-20-10-6-7-11-21(20)31(26)15-18-8-4-5-9-19(18)27/h4-14H,15-16H2,1-3H3,(H,30,32). The van der Waals surface area contributed by atoms with Crippen molar-refractivity contribution >= 4 is 46.5 Å². The first-order valence-corrected chi connectivity index (χ1v) is 12.3. The van der Waals surface area contributed by atoms with Crippen molar-refractivity contribution in [2.45, 2.75) is 11.7 Å². The third-order valence-corrected chi connectivity index (χ3v) is 6.67. The molecule has 0 fully saturated rings. The van der Waals surface area contributed by atoms with E-state index in [1.165, 1.54) is 39.3 Å². The van der Waals surface area contributed by atoms with Crippen LogP contribution in [0.2, 0.25) is 5.02 Å². The molecule has 0 saturated heterocycles. The number of nitrogens with one attached hydrogen (secondary N) is 1. The Hall–Kier alpha value is -3.69. The molecule has 8 nitrogen and oxygen atoms in total. The Morgan fingerprint density at radius 3 is 2.44 bits per heavy atom. The van der Waals surface area contributed by atoms with Crippen molar-refractivity contribution in [1.82, 2.24) is 15.0 Å². The van der Waals surface area contributed by atoms with Gasteiger partial charge in [0, 0.05) is 10.6 Å². The molecule has 1 heterocycles. The van der Waals surface area contributed by atoms with Gasteiger partial charge in [-0.2, -0.15) is 5.10 Å². The number of imidazole rings is 1. The highest BCUT2D eigenvalue weighted by Gasteiger charge is 2.15. The van der Waals surface area contributed by atoms with E-state index in [-0.39, 0.29) is 11.7 Å². The monoisotopic (exact) mass is 524 g/mol. The summed E-state index contributed by atoms with van der Waals surface area (Å²) in [5.41, 5.74) is 6.04. The van der Waals surface area contributed by atoms with Crippen molar-refractivity contribution < 1.29 is 19.0 Å². The highest BCUT2D eigenvalue weighted by atomic mass is 35.5. The van der Waals surface area contributed by atoms with Gasteiger partial charge in [-0.15, -0.1) is 0 Å². The molecule has 10 heteroatoms. The van der Waals surface area contributed by atoms with Crippen molar-refractivity contribution in [3.8, 4) is 17.2 Å². The number of hydrogen-bond donors (Lipinski definition) is 1. The van der Waals surface area contributed by atoms with E-state index < -0.39 is 0 Å². The summed E-state index contributed by atoms with van der Waals surface area (Å²) in [7, 11) is 4.61. The minimum Gasteiger partial charge on any atom is -0.493 e. The van der Waals surface area contributed by atoms with Crippen LogP contribution in [0.3, 0.4) is 0 Å². The van der Waals surface area contributed by atoms with Gasteiger partial charge in [0.2, 0.25) is 5.75 Å². The Kier molecular flexibility index (Phi) is 8.35. The van der Waals surface area contributed by atoms with Crippen molar-refractivity contribution in [2.75, 3.05) is 27.1 Å². The normalized spacial score (nSPS) is 11.1. The maximum Gasteiger partial charge on any atom is 0.250 e. The molecule has 1 aromatic heterocycles. The molecular weight excluding hydrogens is 500 g/mol. The molecule has 0 unspecified atom stereocenters. The number of fused-ring (bicyclic) bond motifs is 1. The van der Waals surface area contributed by atoms with Crippen LogP contribution < -0.4 is 19.6 Å². The van der Waals surface area contributed by atoms with E-state index >= 15 is 0 Å². The number of methoxy groups -OCH3 is 3. The van der Waals surface area contributed by atoms with E-state index in [9.17, 15) is 4.79 Å². The number of halogens is 1. The third kappa shape index (κ3) is 5.75. The summed E-state index contributed by atoms with van der Waals surface area (Å²) in [6.45, 7) is 0.545. The van der Waals surface area contributed by atoms with Gasteiger partial charge in [-0.05, 0) is 35.9 Å². The smallest absolute Gasteiger partial charge is 0.250 e. The Bertz CT molecular complexity index is 1380. The summed E-state index contributed by atoms with van der Waals surface area (Å²) in [4.78, 5) is 17.2. The lowest BCUT2D eigenvalue weighted by Gasteiger charge is -2.12. The molecule has 3 aromatic carbocycles. The van der Waals surface area contributed by atoms with Gasteiger partial charge in [0.1, 0.15) is 0 Å². The molecule has 0 spiro atoms. The second-order valence-corrected chi connectivity index (χ2v) is 8.95. The summed E-state index contributed by atoms with van der Waals surface area (Å²) in [6, 6.07) is 19.0. The number of ether oxygens (including phenoxy) is 3. The first kappa shape index (κ1) is 25.4. The minimum absolute atomic E-state index is 0.137. The van der Waals surface area contributed by atoms with E-state index in [4.69, 9.17) is 30.8 Å². The zero-order valence-corrected chi connectivity index (χ0v) is 21.6. The van der Waals surface area contributed by atoms with Gasteiger partial charge < -0.3 is 18.8 Å². The molecule has 1 N–H and O–H groups in total. The fourth-order valence-corrected chi connectivity index (χ4v) is 4.63. The first-order chi connectivity index (χ1) is 17.5. The van der Waals surface area contributed by atoms with Crippen LogP contribution >= 0.6 is 23.4 Å². The SMILES string of the molecule is COc1cc(C=NNC(=O)CSc2nc3ccccc3n2Cc2ccccc2Cl)cc(OC)c1OC. The van der Waals surface area contributed by atoms with E-state index in [0.29, 0.717) is 34.4 Å². The molecule has 186 valence electrons. The van der Waals surface area contributed by atoms with Gasteiger partial charge >= 0.3 is 0 Å². The Morgan fingerprint density at radius 2 is 1.75 bits per heavy atom. The molecule has 0 radical (unpaired) electrons. The van der Waals surface area contributed by atoms with Gasteiger partial charge in [0.25, 0.3) is 5.91 Å². The number of para-hydroxylation sites is 2. The summed E-state index contributed by atoms with van der Waals surface area (Å²) in [5, 5.41) is 5.48. The van der Waals surface area contributed by atoms with E-state index in [1.807, 2.05) is 48.5 Å². The highest BCUT2D eigenvalue weighted by Crippen LogP contribution is 2.37. The van der Waals surface area contributed by atoms with Crippen LogP contribution in [0.4, 0.5) is 0 Å². The molecule has 0 bridgehead atoms. The topological polar surface area (TPSA) is 87.0 Å². The lowest BCUT2D eigenvalue weighted by Crippen LogP contribution is -2.20. The van der Waals surface area contributed by atoms with E-state index in [2.05, 4.69) is 15.1 Å². The Labute approximate surface area is 218 Å². The maximum absolute atomic E-state index is 12.5. The molecule has 0 aliphatic heterocycles. The average molecular weight is 525 g/mol. The molecule has 4 aromatic rings.